The lowest BCUT2D eigenvalue weighted by Gasteiger charge is -2.34. The summed E-state index contributed by atoms with van der Waals surface area (Å²) in [5.41, 5.74) is 2.47. The minimum Gasteiger partial charge on any atom is -0.353 e. The number of piperazine rings is 1. The minimum absolute atomic E-state index is 0.0203. The molecule has 156 valence electrons. The molecule has 1 aromatic carbocycles. The van der Waals surface area contributed by atoms with E-state index in [0.717, 1.165) is 32.1 Å². The standard InChI is InChI=1S/C21H33N3O3S/c1-3-6-17(2)22-21(25)16-23-11-13-24(14-12-23)28(26,27)20-10-9-18-7-4-5-8-19(18)15-20/h9-10,15,17H,3-8,11-14,16H2,1-2H3,(H,22,25)/t17-/m0/s1. The van der Waals surface area contributed by atoms with Gasteiger partial charge < -0.3 is 5.32 Å². The van der Waals surface area contributed by atoms with Crippen LogP contribution in [0.5, 0.6) is 0 Å². The van der Waals surface area contributed by atoms with Gasteiger partial charge in [-0.1, -0.05) is 19.4 Å². The van der Waals surface area contributed by atoms with Crippen molar-refractivity contribution in [2.24, 2.45) is 0 Å². The van der Waals surface area contributed by atoms with Gasteiger partial charge in [-0.05, 0) is 62.3 Å². The van der Waals surface area contributed by atoms with E-state index >= 15 is 0 Å². The summed E-state index contributed by atoms with van der Waals surface area (Å²) < 4.78 is 27.7. The summed E-state index contributed by atoms with van der Waals surface area (Å²) >= 11 is 0. The Labute approximate surface area is 169 Å². The Morgan fingerprint density at radius 1 is 1.11 bits per heavy atom. The molecule has 0 bridgehead atoms. The quantitative estimate of drug-likeness (QED) is 0.752. The Kier molecular flexibility index (Phi) is 7.12. The molecule has 1 amide bonds. The number of hydrogen-bond acceptors (Lipinski definition) is 4. The van der Waals surface area contributed by atoms with Gasteiger partial charge in [-0.25, -0.2) is 8.42 Å². The maximum atomic E-state index is 13.0. The summed E-state index contributed by atoms with van der Waals surface area (Å²) in [5.74, 6) is 0.0203. The number of carbonyl (C=O) groups excluding carboxylic acids is 1. The van der Waals surface area contributed by atoms with Crippen LogP contribution in [-0.2, 0) is 27.7 Å². The van der Waals surface area contributed by atoms with Crippen molar-refractivity contribution in [2.45, 2.75) is 63.3 Å². The number of fused-ring (bicyclic) bond motifs is 1. The van der Waals surface area contributed by atoms with E-state index in [0.29, 0.717) is 37.6 Å². The first-order chi connectivity index (χ1) is 13.4. The minimum atomic E-state index is -3.47. The molecule has 0 radical (unpaired) electrons. The summed E-state index contributed by atoms with van der Waals surface area (Å²) in [7, 11) is -3.47. The highest BCUT2D eigenvalue weighted by molar-refractivity contribution is 7.89. The topological polar surface area (TPSA) is 69.7 Å². The predicted octanol–water partition coefficient (Wildman–Crippen LogP) is 2.18. The molecule has 1 heterocycles. The summed E-state index contributed by atoms with van der Waals surface area (Å²) in [5, 5.41) is 3.01. The zero-order valence-electron chi connectivity index (χ0n) is 17.1. The average Bonchev–Trinajstić information content (AvgIpc) is 2.68. The molecule has 28 heavy (non-hydrogen) atoms. The Balaban J connectivity index is 1.56. The molecule has 2 aliphatic rings. The van der Waals surface area contributed by atoms with Gasteiger partial charge in [-0.2, -0.15) is 4.31 Å². The van der Waals surface area contributed by atoms with Crippen molar-refractivity contribution < 1.29 is 13.2 Å². The van der Waals surface area contributed by atoms with Crippen LogP contribution in [0, 0.1) is 0 Å². The molecule has 1 N–H and O–H groups in total. The Bertz CT molecular complexity index is 786. The number of benzene rings is 1. The van der Waals surface area contributed by atoms with E-state index in [1.54, 1.807) is 10.4 Å². The lowest BCUT2D eigenvalue weighted by molar-refractivity contribution is -0.123. The molecule has 1 aliphatic heterocycles. The fourth-order valence-corrected chi connectivity index (χ4v) is 5.65. The number of nitrogens with one attached hydrogen (secondary N) is 1. The van der Waals surface area contributed by atoms with E-state index in [-0.39, 0.29) is 11.9 Å². The summed E-state index contributed by atoms with van der Waals surface area (Å²) in [6.07, 6.45) is 6.35. The molecule has 1 fully saturated rings. The molecule has 1 aromatic rings. The second-order valence-electron chi connectivity index (χ2n) is 8.08. The van der Waals surface area contributed by atoms with E-state index in [1.165, 1.54) is 17.5 Å². The maximum absolute atomic E-state index is 13.0. The molecule has 1 atom stereocenters. The van der Waals surface area contributed by atoms with Gasteiger partial charge in [0.05, 0.1) is 11.4 Å². The van der Waals surface area contributed by atoms with Crippen LogP contribution in [0.3, 0.4) is 0 Å². The molecule has 6 nitrogen and oxygen atoms in total. The van der Waals surface area contributed by atoms with Gasteiger partial charge in [0, 0.05) is 32.2 Å². The molecule has 7 heteroatoms. The van der Waals surface area contributed by atoms with Crippen molar-refractivity contribution in [3.8, 4) is 0 Å². The number of aryl methyl sites for hydroxylation is 2. The Morgan fingerprint density at radius 2 is 1.79 bits per heavy atom. The van der Waals surface area contributed by atoms with E-state index in [1.807, 2.05) is 24.0 Å². The van der Waals surface area contributed by atoms with Crippen molar-refractivity contribution in [1.82, 2.24) is 14.5 Å². The third-order valence-electron chi connectivity index (χ3n) is 5.79. The van der Waals surface area contributed by atoms with Crippen molar-refractivity contribution in [3.63, 3.8) is 0 Å². The highest BCUT2D eigenvalue weighted by Gasteiger charge is 2.29. The first-order valence-corrected chi connectivity index (χ1v) is 12.0. The van der Waals surface area contributed by atoms with E-state index in [2.05, 4.69) is 12.2 Å². The van der Waals surface area contributed by atoms with Crippen LogP contribution in [0.1, 0.15) is 50.7 Å². The van der Waals surface area contributed by atoms with Gasteiger partial charge >= 0.3 is 0 Å². The van der Waals surface area contributed by atoms with Gasteiger partial charge in [0.15, 0.2) is 0 Å². The van der Waals surface area contributed by atoms with E-state index in [4.69, 9.17) is 0 Å². The van der Waals surface area contributed by atoms with Crippen molar-refractivity contribution in [1.29, 1.82) is 0 Å². The zero-order valence-corrected chi connectivity index (χ0v) is 17.9. The number of rotatable bonds is 7. The number of carbonyl (C=O) groups is 1. The van der Waals surface area contributed by atoms with Gasteiger partial charge in [-0.3, -0.25) is 9.69 Å². The maximum Gasteiger partial charge on any atom is 0.243 e. The first-order valence-electron chi connectivity index (χ1n) is 10.5. The fourth-order valence-electron chi connectivity index (χ4n) is 4.18. The van der Waals surface area contributed by atoms with Gasteiger partial charge in [0.2, 0.25) is 15.9 Å². The molecule has 0 unspecified atom stereocenters. The van der Waals surface area contributed by atoms with Crippen molar-refractivity contribution >= 4 is 15.9 Å². The third kappa shape index (κ3) is 5.13. The predicted molar refractivity (Wildman–Crippen MR) is 111 cm³/mol. The smallest absolute Gasteiger partial charge is 0.243 e. The molecule has 0 spiro atoms. The average molecular weight is 408 g/mol. The molecule has 0 saturated carbocycles. The monoisotopic (exact) mass is 407 g/mol. The van der Waals surface area contributed by atoms with Gasteiger partial charge in [0.1, 0.15) is 0 Å². The van der Waals surface area contributed by atoms with Crippen LogP contribution in [0.4, 0.5) is 0 Å². The number of sulfonamides is 1. The summed E-state index contributed by atoms with van der Waals surface area (Å²) in [6, 6.07) is 5.80. The molecular weight excluding hydrogens is 374 g/mol. The first kappa shape index (κ1) is 21.3. The zero-order chi connectivity index (χ0) is 20.1. The lowest BCUT2D eigenvalue weighted by Crippen LogP contribution is -2.51. The lowest BCUT2D eigenvalue weighted by atomic mass is 9.92. The van der Waals surface area contributed by atoms with Crippen LogP contribution >= 0.6 is 0 Å². The third-order valence-corrected chi connectivity index (χ3v) is 7.68. The largest absolute Gasteiger partial charge is 0.353 e. The van der Waals surface area contributed by atoms with Crippen LogP contribution in [0.15, 0.2) is 23.1 Å². The van der Waals surface area contributed by atoms with Crippen LogP contribution in [0.25, 0.3) is 0 Å². The number of hydrogen-bond donors (Lipinski definition) is 1. The molecular formula is C21H33N3O3S. The van der Waals surface area contributed by atoms with Gasteiger partial charge in [-0.15, -0.1) is 0 Å². The Morgan fingerprint density at radius 3 is 2.46 bits per heavy atom. The summed E-state index contributed by atoms with van der Waals surface area (Å²) in [4.78, 5) is 14.6. The normalized spacial score (nSPS) is 19.8. The molecule has 1 saturated heterocycles. The second kappa shape index (κ2) is 9.37. The highest BCUT2D eigenvalue weighted by Crippen LogP contribution is 2.26. The molecule has 1 aliphatic carbocycles. The van der Waals surface area contributed by atoms with Crippen molar-refractivity contribution in [2.75, 3.05) is 32.7 Å². The second-order valence-corrected chi connectivity index (χ2v) is 10.0. The Hall–Kier alpha value is -1.44. The van der Waals surface area contributed by atoms with Gasteiger partial charge in [0.25, 0.3) is 0 Å². The summed E-state index contributed by atoms with van der Waals surface area (Å²) in [6.45, 7) is 6.48. The fraction of sp³-hybridized carbons (Fsp3) is 0.667. The van der Waals surface area contributed by atoms with Crippen LogP contribution in [0.2, 0.25) is 0 Å². The van der Waals surface area contributed by atoms with Crippen molar-refractivity contribution in [3.05, 3.63) is 29.3 Å². The van der Waals surface area contributed by atoms with Crippen LogP contribution < -0.4 is 5.32 Å². The van der Waals surface area contributed by atoms with E-state index < -0.39 is 10.0 Å². The molecule has 0 aromatic heterocycles. The van der Waals surface area contributed by atoms with Crippen LogP contribution in [-0.4, -0.2) is 62.3 Å². The number of amides is 1. The highest BCUT2D eigenvalue weighted by atomic mass is 32.2. The molecule has 3 rings (SSSR count). The van der Waals surface area contributed by atoms with E-state index in [9.17, 15) is 13.2 Å². The number of nitrogens with zero attached hydrogens (tertiary/aromatic N) is 2. The SMILES string of the molecule is CCC[C@H](C)NC(=O)CN1CCN(S(=O)(=O)c2ccc3c(c2)CCCC3)CC1.